The van der Waals surface area contributed by atoms with Gasteiger partial charge in [-0.15, -0.1) is 0 Å². The van der Waals surface area contributed by atoms with Crippen molar-refractivity contribution in [2.24, 2.45) is 56.2 Å². The first-order chi connectivity index (χ1) is 16.5. The molecule has 0 radical (unpaired) electrons. The quantitative estimate of drug-likeness (QED) is 0.383. The number of rotatable bonds is 2. The molecule has 12 unspecified atom stereocenters. The molecule has 36 heavy (non-hydrogen) atoms. The second-order valence-electron chi connectivity index (χ2n) is 15.6. The second kappa shape index (κ2) is 7.92. The highest BCUT2D eigenvalue weighted by Crippen LogP contribution is 2.77. The van der Waals surface area contributed by atoms with Gasteiger partial charge in [-0.05, 0) is 103 Å². The summed E-state index contributed by atoms with van der Waals surface area (Å²) in [6.45, 7) is 13.3. The van der Waals surface area contributed by atoms with E-state index in [2.05, 4.69) is 34.6 Å². The number of carboxylic acids is 1. The SMILES string of the molecule is CC1(C)CCC2(C(=O)O)C(O)CC3(C)C(CCC4C5(C)CC(O)C(O)C(C)(CO)C5CCC43C)C2C1. The van der Waals surface area contributed by atoms with E-state index in [9.17, 15) is 30.3 Å². The van der Waals surface area contributed by atoms with Crippen LogP contribution in [0.15, 0.2) is 0 Å². The smallest absolute Gasteiger partial charge is 0.312 e. The van der Waals surface area contributed by atoms with E-state index >= 15 is 0 Å². The highest BCUT2D eigenvalue weighted by atomic mass is 16.4. The van der Waals surface area contributed by atoms with Crippen molar-refractivity contribution in [3.05, 3.63) is 0 Å². The fourth-order valence-corrected chi connectivity index (χ4v) is 11.7. The van der Waals surface area contributed by atoms with Crippen LogP contribution in [-0.2, 0) is 4.79 Å². The third-order valence-electron chi connectivity index (χ3n) is 13.8. The summed E-state index contributed by atoms with van der Waals surface area (Å²) < 4.78 is 0. The van der Waals surface area contributed by atoms with Gasteiger partial charge in [0, 0.05) is 5.41 Å². The topological polar surface area (TPSA) is 118 Å². The molecule has 5 rings (SSSR count). The second-order valence-corrected chi connectivity index (χ2v) is 15.6. The lowest BCUT2D eigenvalue weighted by Gasteiger charge is -2.74. The molecule has 5 fully saturated rings. The molecular formula is C30H50O6. The van der Waals surface area contributed by atoms with Crippen molar-refractivity contribution in [1.29, 1.82) is 0 Å². The van der Waals surface area contributed by atoms with Crippen molar-refractivity contribution in [3.8, 4) is 0 Å². The van der Waals surface area contributed by atoms with Gasteiger partial charge in [0.1, 0.15) is 0 Å². The Morgan fingerprint density at radius 2 is 1.44 bits per heavy atom. The number of fused-ring (bicyclic) bond motifs is 7. The molecule has 0 heterocycles. The maximum atomic E-state index is 12.8. The van der Waals surface area contributed by atoms with Crippen molar-refractivity contribution in [2.45, 2.75) is 118 Å². The average Bonchev–Trinajstić information content (AvgIpc) is 2.77. The summed E-state index contributed by atoms with van der Waals surface area (Å²) in [7, 11) is 0. The van der Waals surface area contributed by atoms with Gasteiger partial charge in [0.25, 0.3) is 0 Å². The molecule has 0 aromatic heterocycles. The van der Waals surface area contributed by atoms with Crippen LogP contribution in [-0.4, -0.2) is 56.4 Å². The third-order valence-corrected chi connectivity index (χ3v) is 13.8. The van der Waals surface area contributed by atoms with E-state index in [1.807, 2.05) is 6.92 Å². The van der Waals surface area contributed by atoms with E-state index in [0.29, 0.717) is 19.3 Å². The highest BCUT2D eigenvalue weighted by molar-refractivity contribution is 5.76. The summed E-state index contributed by atoms with van der Waals surface area (Å²) in [6, 6.07) is 0. The van der Waals surface area contributed by atoms with Gasteiger partial charge in [-0.25, -0.2) is 0 Å². The van der Waals surface area contributed by atoms with Crippen LogP contribution in [0.3, 0.4) is 0 Å². The van der Waals surface area contributed by atoms with Crippen LogP contribution in [0, 0.1) is 56.2 Å². The summed E-state index contributed by atoms with van der Waals surface area (Å²) in [6.07, 6.45) is 4.29. The van der Waals surface area contributed by atoms with Crippen LogP contribution >= 0.6 is 0 Å². The van der Waals surface area contributed by atoms with E-state index in [-0.39, 0.29) is 51.9 Å². The molecule has 0 bridgehead atoms. The normalized spacial score (nSPS) is 58.1. The Labute approximate surface area is 216 Å². The van der Waals surface area contributed by atoms with E-state index in [1.165, 1.54) is 0 Å². The number of hydrogen-bond donors (Lipinski definition) is 5. The highest BCUT2D eigenvalue weighted by Gasteiger charge is 2.73. The Balaban J connectivity index is 1.59. The predicted molar refractivity (Wildman–Crippen MR) is 137 cm³/mol. The average molecular weight is 507 g/mol. The first kappa shape index (κ1) is 26.9. The zero-order chi connectivity index (χ0) is 26.7. The first-order valence-corrected chi connectivity index (χ1v) is 14.4. The Morgan fingerprint density at radius 3 is 2.06 bits per heavy atom. The number of hydrogen-bond acceptors (Lipinski definition) is 5. The monoisotopic (exact) mass is 506 g/mol. The molecule has 0 spiro atoms. The van der Waals surface area contributed by atoms with Gasteiger partial charge < -0.3 is 25.5 Å². The molecule has 5 aliphatic rings. The third kappa shape index (κ3) is 3.08. The minimum absolute atomic E-state index is 0.0442. The van der Waals surface area contributed by atoms with Gasteiger partial charge in [-0.2, -0.15) is 0 Å². The standard InChI is InChI=1S/C30H50O6/c1-25(2)11-12-30(24(35)36)18(13-25)17-7-8-21-26(3)14-19(32)23(34)27(4,16-31)20(26)9-10-28(21,5)29(17,6)15-22(30)33/h17-23,31-34H,7-16H2,1-6H3,(H,35,36). The van der Waals surface area contributed by atoms with Crippen LogP contribution in [0.5, 0.6) is 0 Å². The van der Waals surface area contributed by atoms with Crippen molar-refractivity contribution in [1.82, 2.24) is 0 Å². The maximum Gasteiger partial charge on any atom is 0.312 e. The summed E-state index contributed by atoms with van der Waals surface area (Å²) in [5, 5.41) is 54.6. The van der Waals surface area contributed by atoms with Gasteiger partial charge in [-0.3, -0.25) is 4.79 Å². The summed E-state index contributed by atoms with van der Waals surface area (Å²) in [5.41, 5.74) is -2.30. The molecule has 5 N–H and O–H groups in total. The van der Waals surface area contributed by atoms with Crippen LogP contribution in [0.25, 0.3) is 0 Å². The molecule has 6 nitrogen and oxygen atoms in total. The lowest BCUT2D eigenvalue weighted by atomic mass is 9.31. The Hall–Kier alpha value is -0.690. The fraction of sp³-hybridized carbons (Fsp3) is 0.967. The number of carboxylic acid groups (broad SMARTS) is 1. The molecular weight excluding hydrogens is 456 g/mol. The van der Waals surface area contributed by atoms with Crippen molar-refractivity contribution < 1.29 is 30.3 Å². The Kier molecular flexibility index (Phi) is 5.92. The lowest BCUT2D eigenvalue weighted by molar-refractivity contribution is -0.286. The molecule has 6 heteroatoms. The van der Waals surface area contributed by atoms with E-state index < -0.39 is 35.1 Å². The fourth-order valence-electron chi connectivity index (χ4n) is 11.7. The van der Waals surface area contributed by atoms with Gasteiger partial charge in [0.15, 0.2) is 0 Å². The van der Waals surface area contributed by atoms with Crippen molar-refractivity contribution in [2.75, 3.05) is 6.61 Å². The van der Waals surface area contributed by atoms with Crippen LogP contribution in [0.1, 0.15) is 99.3 Å². The predicted octanol–water partition coefficient (Wildman–Crippen LogP) is 4.23. The zero-order valence-electron chi connectivity index (χ0n) is 23.3. The number of aliphatic hydroxyl groups is 4. The van der Waals surface area contributed by atoms with Crippen molar-refractivity contribution in [3.63, 3.8) is 0 Å². The Morgan fingerprint density at radius 1 is 0.778 bits per heavy atom. The van der Waals surface area contributed by atoms with Crippen LogP contribution in [0.4, 0.5) is 0 Å². The molecule has 0 aromatic carbocycles. The number of carbonyl (C=O) groups is 1. The molecule has 206 valence electrons. The number of aliphatic carboxylic acids is 1. The number of aliphatic hydroxyl groups excluding tert-OH is 4. The van der Waals surface area contributed by atoms with Crippen molar-refractivity contribution >= 4 is 5.97 Å². The molecule has 5 saturated carbocycles. The van der Waals surface area contributed by atoms with Crippen LogP contribution in [0.2, 0.25) is 0 Å². The molecule has 0 aliphatic heterocycles. The zero-order valence-corrected chi connectivity index (χ0v) is 23.3. The van der Waals surface area contributed by atoms with E-state index in [4.69, 9.17) is 0 Å². The van der Waals surface area contributed by atoms with E-state index in [0.717, 1.165) is 38.5 Å². The summed E-state index contributed by atoms with van der Waals surface area (Å²) in [5.74, 6) is -0.242. The molecule has 0 saturated heterocycles. The molecule has 5 aliphatic carbocycles. The first-order valence-electron chi connectivity index (χ1n) is 14.4. The molecule has 12 atom stereocenters. The molecule has 0 aromatic rings. The summed E-state index contributed by atoms with van der Waals surface area (Å²) >= 11 is 0. The lowest BCUT2D eigenvalue weighted by Crippen LogP contribution is -2.71. The Bertz CT molecular complexity index is 919. The van der Waals surface area contributed by atoms with Gasteiger partial charge in [0.05, 0.1) is 30.3 Å². The molecule has 0 amide bonds. The van der Waals surface area contributed by atoms with Crippen LogP contribution < -0.4 is 0 Å². The minimum Gasteiger partial charge on any atom is -0.481 e. The van der Waals surface area contributed by atoms with Gasteiger partial charge >= 0.3 is 5.97 Å². The largest absolute Gasteiger partial charge is 0.481 e. The van der Waals surface area contributed by atoms with Gasteiger partial charge in [0.2, 0.25) is 0 Å². The van der Waals surface area contributed by atoms with Gasteiger partial charge in [-0.1, -0.05) is 41.5 Å². The van der Waals surface area contributed by atoms with E-state index in [1.54, 1.807) is 0 Å². The maximum absolute atomic E-state index is 12.8. The minimum atomic E-state index is -1.05. The summed E-state index contributed by atoms with van der Waals surface area (Å²) in [4.78, 5) is 12.8.